The maximum atomic E-state index is 12.1. The molecule has 6 heteroatoms. The van der Waals surface area contributed by atoms with Gasteiger partial charge >= 0.3 is 0 Å². The molecule has 0 unspecified atom stereocenters. The third-order valence-corrected chi connectivity index (χ3v) is 4.09. The van der Waals surface area contributed by atoms with Crippen LogP contribution in [0, 0.1) is 6.92 Å². The summed E-state index contributed by atoms with van der Waals surface area (Å²) in [6.45, 7) is 5.20. The van der Waals surface area contributed by atoms with Crippen LogP contribution in [0.4, 0.5) is 5.69 Å². The van der Waals surface area contributed by atoms with E-state index in [1.54, 1.807) is 0 Å². The number of nitrogens with two attached hydrogens (primary N) is 1. The first-order valence-electron chi connectivity index (χ1n) is 6.94. The number of pyridine rings is 1. The number of halogens is 1. The second-order valence-electron chi connectivity index (χ2n) is 5.20. The summed E-state index contributed by atoms with van der Waals surface area (Å²) in [6.07, 6.45) is 0. The van der Waals surface area contributed by atoms with Crippen LogP contribution in [-0.4, -0.2) is 37.1 Å². The molecule has 1 saturated heterocycles. The fraction of sp³-hybridized carbons (Fsp3) is 0.333. The highest BCUT2D eigenvalue weighted by molar-refractivity contribution is 6.34. The van der Waals surface area contributed by atoms with Crippen LogP contribution in [-0.2, 0) is 0 Å². The maximum absolute atomic E-state index is 12.1. The molecule has 3 N–H and O–H groups in total. The van der Waals surface area contributed by atoms with Crippen LogP contribution < -0.4 is 16.0 Å². The van der Waals surface area contributed by atoms with Gasteiger partial charge < -0.3 is 16.0 Å². The molecule has 21 heavy (non-hydrogen) atoms. The van der Waals surface area contributed by atoms with Crippen molar-refractivity contribution in [2.24, 2.45) is 5.73 Å². The minimum atomic E-state index is -0.466. The van der Waals surface area contributed by atoms with Crippen LogP contribution in [0.25, 0.3) is 10.9 Å². The SMILES string of the molecule is Cc1cccc2nc(Cl)c(N3CCNCC3)c(C(N)=O)c12. The molecule has 0 saturated carbocycles. The lowest BCUT2D eigenvalue weighted by molar-refractivity contribution is 0.100. The summed E-state index contributed by atoms with van der Waals surface area (Å²) in [5.41, 5.74) is 8.47. The van der Waals surface area contributed by atoms with Crippen molar-refractivity contribution in [3.63, 3.8) is 0 Å². The molecule has 1 aromatic carbocycles. The molecule has 0 atom stereocenters. The average molecular weight is 305 g/mol. The molecule has 0 aliphatic carbocycles. The number of benzene rings is 1. The number of nitrogens with zero attached hydrogens (tertiary/aromatic N) is 2. The van der Waals surface area contributed by atoms with Crippen molar-refractivity contribution in [3.05, 3.63) is 34.5 Å². The molecule has 3 rings (SSSR count). The third kappa shape index (κ3) is 2.43. The number of carbonyl (C=O) groups excluding carboxylic acids is 1. The van der Waals surface area contributed by atoms with E-state index in [0.29, 0.717) is 21.9 Å². The van der Waals surface area contributed by atoms with Crippen LogP contribution >= 0.6 is 11.6 Å². The number of piperazine rings is 1. The van der Waals surface area contributed by atoms with Crippen molar-refractivity contribution in [1.29, 1.82) is 0 Å². The van der Waals surface area contributed by atoms with Gasteiger partial charge in [-0.05, 0) is 18.6 Å². The van der Waals surface area contributed by atoms with Gasteiger partial charge in [0.05, 0.1) is 16.8 Å². The number of aryl methyl sites for hydroxylation is 1. The van der Waals surface area contributed by atoms with Crippen molar-refractivity contribution in [3.8, 4) is 0 Å². The van der Waals surface area contributed by atoms with E-state index in [1.807, 2.05) is 25.1 Å². The zero-order chi connectivity index (χ0) is 15.0. The van der Waals surface area contributed by atoms with E-state index in [1.165, 1.54) is 0 Å². The second kappa shape index (κ2) is 5.50. The van der Waals surface area contributed by atoms with Gasteiger partial charge in [-0.25, -0.2) is 4.98 Å². The Kier molecular flexibility index (Phi) is 3.69. The molecule has 2 aromatic rings. The molecule has 1 aromatic heterocycles. The van der Waals surface area contributed by atoms with Gasteiger partial charge in [0.2, 0.25) is 0 Å². The highest BCUT2D eigenvalue weighted by atomic mass is 35.5. The van der Waals surface area contributed by atoms with Crippen LogP contribution in [0.15, 0.2) is 18.2 Å². The van der Waals surface area contributed by atoms with Crippen molar-refractivity contribution in [2.75, 3.05) is 31.1 Å². The monoisotopic (exact) mass is 304 g/mol. The van der Waals surface area contributed by atoms with E-state index in [0.717, 1.165) is 37.1 Å². The van der Waals surface area contributed by atoms with E-state index >= 15 is 0 Å². The van der Waals surface area contributed by atoms with Crippen LogP contribution in [0.5, 0.6) is 0 Å². The average Bonchev–Trinajstić information content (AvgIpc) is 2.47. The smallest absolute Gasteiger partial charge is 0.251 e. The van der Waals surface area contributed by atoms with E-state index in [9.17, 15) is 4.79 Å². The summed E-state index contributed by atoms with van der Waals surface area (Å²) in [4.78, 5) is 18.6. The summed E-state index contributed by atoms with van der Waals surface area (Å²) >= 11 is 6.36. The van der Waals surface area contributed by atoms with Gasteiger partial charge in [0.25, 0.3) is 5.91 Å². The van der Waals surface area contributed by atoms with Crippen LogP contribution in [0.1, 0.15) is 15.9 Å². The maximum Gasteiger partial charge on any atom is 0.251 e. The number of amides is 1. The molecule has 1 amide bonds. The van der Waals surface area contributed by atoms with Crippen molar-refractivity contribution in [2.45, 2.75) is 6.92 Å². The molecule has 0 radical (unpaired) electrons. The van der Waals surface area contributed by atoms with Crippen LogP contribution in [0.2, 0.25) is 5.15 Å². The predicted molar refractivity (Wildman–Crippen MR) is 85.1 cm³/mol. The summed E-state index contributed by atoms with van der Waals surface area (Å²) in [7, 11) is 0. The Hall–Kier alpha value is -1.85. The van der Waals surface area contributed by atoms with Gasteiger partial charge in [0, 0.05) is 31.6 Å². The zero-order valence-electron chi connectivity index (χ0n) is 11.8. The number of anilines is 1. The van der Waals surface area contributed by atoms with Crippen molar-refractivity contribution in [1.82, 2.24) is 10.3 Å². The number of rotatable bonds is 2. The normalized spacial score (nSPS) is 15.4. The summed E-state index contributed by atoms with van der Waals surface area (Å²) < 4.78 is 0. The molecule has 1 fully saturated rings. The molecule has 5 nitrogen and oxygen atoms in total. The number of hydrogen-bond donors (Lipinski definition) is 2. The number of hydrogen-bond acceptors (Lipinski definition) is 4. The van der Waals surface area contributed by atoms with Gasteiger partial charge in [-0.2, -0.15) is 0 Å². The molecule has 110 valence electrons. The second-order valence-corrected chi connectivity index (χ2v) is 5.55. The molecule has 0 bridgehead atoms. The van der Waals surface area contributed by atoms with Gasteiger partial charge in [0.15, 0.2) is 5.15 Å². The fourth-order valence-electron chi connectivity index (χ4n) is 2.87. The lowest BCUT2D eigenvalue weighted by atomic mass is 10.0. The first kappa shape index (κ1) is 14.1. The number of aromatic nitrogens is 1. The zero-order valence-corrected chi connectivity index (χ0v) is 12.6. The van der Waals surface area contributed by atoms with Gasteiger partial charge in [0.1, 0.15) is 0 Å². The van der Waals surface area contributed by atoms with Crippen molar-refractivity contribution >= 4 is 34.1 Å². The topological polar surface area (TPSA) is 71.2 Å². The summed E-state index contributed by atoms with van der Waals surface area (Å²) in [6, 6.07) is 5.70. The summed E-state index contributed by atoms with van der Waals surface area (Å²) in [5, 5.41) is 4.41. The number of fused-ring (bicyclic) bond motifs is 1. The predicted octanol–water partition coefficient (Wildman–Crippen LogP) is 1.71. The lowest BCUT2D eigenvalue weighted by Crippen LogP contribution is -2.44. The molecule has 2 heterocycles. The van der Waals surface area contributed by atoms with E-state index in [2.05, 4.69) is 15.2 Å². The first-order valence-corrected chi connectivity index (χ1v) is 7.31. The minimum absolute atomic E-state index is 0.337. The van der Waals surface area contributed by atoms with Gasteiger partial charge in [-0.15, -0.1) is 0 Å². The van der Waals surface area contributed by atoms with Gasteiger partial charge in [-0.3, -0.25) is 4.79 Å². The standard InChI is InChI=1S/C15H17ClN4O/c1-9-3-2-4-10-11(9)12(15(17)21)13(14(16)19-10)20-7-5-18-6-8-20/h2-4,18H,5-8H2,1H3,(H2,17,21). The largest absolute Gasteiger partial charge is 0.366 e. The van der Waals surface area contributed by atoms with Gasteiger partial charge in [-0.1, -0.05) is 23.7 Å². The Bertz CT molecular complexity index is 710. The highest BCUT2D eigenvalue weighted by Crippen LogP contribution is 2.35. The Labute approximate surface area is 128 Å². The number of primary amides is 1. The lowest BCUT2D eigenvalue weighted by Gasteiger charge is -2.31. The Morgan fingerprint density at radius 3 is 2.76 bits per heavy atom. The first-order chi connectivity index (χ1) is 10.1. The van der Waals surface area contributed by atoms with Crippen molar-refractivity contribution < 1.29 is 4.79 Å². The third-order valence-electron chi connectivity index (χ3n) is 3.83. The molecular formula is C15H17ClN4O. The Balaban J connectivity index is 2.32. The summed E-state index contributed by atoms with van der Waals surface area (Å²) in [5.74, 6) is -0.466. The quantitative estimate of drug-likeness (QED) is 0.829. The number of nitrogens with one attached hydrogen (secondary N) is 1. The van der Waals surface area contributed by atoms with E-state index < -0.39 is 5.91 Å². The molecule has 1 aliphatic heterocycles. The minimum Gasteiger partial charge on any atom is -0.366 e. The Morgan fingerprint density at radius 2 is 2.10 bits per heavy atom. The highest BCUT2D eigenvalue weighted by Gasteiger charge is 2.24. The van der Waals surface area contributed by atoms with Crippen LogP contribution in [0.3, 0.4) is 0 Å². The fourth-order valence-corrected chi connectivity index (χ4v) is 3.17. The van der Waals surface area contributed by atoms with E-state index in [4.69, 9.17) is 17.3 Å². The molecule has 0 spiro atoms. The van der Waals surface area contributed by atoms with E-state index in [-0.39, 0.29) is 0 Å². The Morgan fingerprint density at radius 1 is 1.38 bits per heavy atom. The molecular weight excluding hydrogens is 288 g/mol. The number of carbonyl (C=O) groups is 1. The molecule has 1 aliphatic rings.